The zero-order chi connectivity index (χ0) is 52.0. The number of esters is 2. The normalized spacial score (nSPS) is 13.2. The van der Waals surface area contributed by atoms with Crippen molar-refractivity contribution in [3.8, 4) is 0 Å². The fraction of sp³-hybridized carbons (Fsp3) is 0.642. The van der Waals surface area contributed by atoms with Crippen LogP contribution in [0, 0.1) is 0 Å². The van der Waals surface area contributed by atoms with Gasteiger partial charge in [-0.25, -0.2) is 0 Å². The van der Waals surface area contributed by atoms with Gasteiger partial charge in [0.2, 0.25) is 0 Å². The highest BCUT2D eigenvalue weighted by molar-refractivity contribution is 5.70. The first-order valence-electron chi connectivity index (χ1n) is 29.7. The zero-order valence-electron chi connectivity index (χ0n) is 46.9. The minimum Gasteiger partial charge on any atom is -0.462 e. The van der Waals surface area contributed by atoms with Crippen molar-refractivity contribution in [1.29, 1.82) is 0 Å². The van der Waals surface area contributed by atoms with Crippen LogP contribution in [0.5, 0.6) is 0 Å². The van der Waals surface area contributed by atoms with E-state index in [0.717, 1.165) is 128 Å². The second kappa shape index (κ2) is 61.3. The molecule has 0 radical (unpaired) electrons. The molecular weight excluding hydrogens is 885 g/mol. The second-order valence-corrected chi connectivity index (χ2v) is 19.1. The number of carbonyl (C=O) groups is 2. The van der Waals surface area contributed by atoms with Crippen LogP contribution in [0.15, 0.2) is 134 Å². The maximum atomic E-state index is 12.9. The van der Waals surface area contributed by atoms with E-state index in [-0.39, 0.29) is 25.2 Å². The maximum Gasteiger partial charge on any atom is 0.306 e. The molecule has 0 N–H and O–H groups in total. The summed E-state index contributed by atoms with van der Waals surface area (Å²) in [5.74, 6) is -0.463. The first kappa shape index (κ1) is 68.0. The van der Waals surface area contributed by atoms with Crippen LogP contribution in [0.25, 0.3) is 0 Å². The lowest BCUT2D eigenvalue weighted by Crippen LogP contribution is -2.30. The molecular formula is C67H110O5. The molecule has 1 atom stereocenters. The second-order valence-electron chi connectivity index (χ2n) is 19.1. The molecule has 0 heterocycles. The van der Waals surface area contributed by atoms with Crippen LogP contribution in [-0.4, -0.2) is 37.9 Å². The van der Waals surface area contributed by atoms with Crippen molar-refractivity contribution in [3.05, 3.63) is 134 Å². The molecule has 0 rings (SSSR count). The molecule has 5 nitrogen and oxygen atoms in total. The molecule has 0 saturated heterocycles. The largest absolute Gasteiger partial charge is 0.462 e. The van der Waals surface area contributed by atoms with E-state index in [1.165, 1.54) is 89.9 Å². The summed E-state index contributed by atoms with van der Waals surface area (Å²) in [6.07, 6.45) is 87.7. The quantitative estimate of drug-likeness (QED) is 0.0345. The van der Waals surface area contributed by atoms with Crippen LogP contribution in [0.1, 0.15) is 252 Å². The molecule has 0 aliphatic rings. The molecule has 0 aromatic rings. The Morgan fingerprint density at radius 1 is 0.319 bits per heavy atom. The smallest absolute Gasteiger partial charge is 0.306 e. The molecule has 408 valence electrons. The maximum absolute atomic E-state index is 12.9. The van der Waals surface area contributed by atoms with Crippen LogP contribution >= 0.6 is 0 Å². The summed E-state index contributed by atoms with van der Waals surface area (Å²) in [6, 6.07) is 0. The highest BCUT2D eigenvalue weighted by Gasteiger charge is 2.17. The lowest BCUT2D eigenvalue weighted by molar-refractivity contribution is -0.163. The van der Waals surface area contributed by atoms with Gasteiger partial charge in [0, 0.05) is 19.4 Å². The Morgan fingerprint density at radius 2 is 0.625 bits per heavy atom. The standard InChI is InChI=1S/C67H110O5/c1-4-7-10-13-16-19-22-25-28-31-33-35-38-41-44-47-50-53-56-59-62-70-63-65(72-67(69)61-58-55-52-49-46-43-40-36-30-27-24-21-18-15-12-9-6-3)64-71-66(68)60-57-54-51-48-45-42-39-37-34-32-29-26-23-20-17-14-11-8-5-2/h7,9-10,12,16,18-19,21,25-30,33,35,40-41,43-44,50,53,65H,4-6,8,11,13-15,17,20,22-24,31-32,34,36-39,42,45-49,51-52,54-64H2,1-3H3/b10-7-,12-9-,19-16-,21-18-,28-25-,29-26-,30-27-,35-33-,43-40-,44-41-,53-50-. The Morgan fingerprint density at radius 3 is 1.01 bits per heavy atom. The SMILES string of the molecule is CC/C=C\C/C=C\C/C=C\C/C=C\C/C=C\C/C=C\CCCOCC(COC(=O)CCCCCCCCCCC/C=C\CCCCCCCC)OC(=O)CCCCCC/C=C\C/C=C\C/C=C\C/C=C\CC. The Kier molecular flexibility index (Phi) is 58.0. The summed E-state index contributed by atoms with van der Waals surface area (Å²) in [5.41, 5.74) is 0. The summed E-state index contributed by atoms with van der Waals surface area (Å²) in [7, 11) is 0. The number of hydrogen-bond acceptors (Lipinski definition) is 5. The van der Waals surface area contributed by atoms with E-state index < -0.39 is 6.10 Å². The summed E-state index contributed by atoms with van der Waals surface area (Å²) < 4.78 is 17.4. The summed E-state index contributed by atoms with van der Waals surface area (Å²) in [6.45, 7) is 7.43. The number of unbranched alkanes of at least 4 members (excludes halogenated alkanes) is 20. The Bertz CT molecular complexity index is 1500. The zero-order valence-corrected chi connectivity index (χ0v) is 46.9. The van der Waals surface area contributed by atoms with E-state index >= 15 is 0 Å². The van der Waals surface area contributed by atoms with Gasteiger partial charge >= 0.3 is 11.9 Å². The summed E-state index contributed by atoms with van der Waals surface area (Å²) in [5, 5.41) is 0. The molecule has 72 heavy (non-hydrogen) atoms. The predicted octanol–water partition coefficient (Wildman–Crippen LogP) is 20.7. The Labute approximate surface area is 445 Å². The van der Waals surface area contributed by atoms with Crippen LogP contribution < -0.4 is 0 Å². The van der Waals surface area contributed by atoms with Crippen LogP contribution in [0.4, 0.5) is 0 Å². The van der Waals surface area contributed by atoms with Gasteiger partial charge < -0.3 is 14.2 Å². The first-order chi connectivity index (χ1) is 35.6. The van der Waals surface area contributed by atoms with Gasteiger partial charge in [-0.1, -0.05) is 244 Å². The fourth-order valence-corrected chi connectivity index (χ4v) is 7.81. The van der Waals surface area contributed by atoms with E-state index in [2.05, 4.69) is 154 Å². The molecule has 0 aliphatic heterocycles. The lowest BCUT2D eigenvalue weighted by Gasteiger charge is -2.18. The average molecular weight is 996 g/mol. The molecule has 0 aromatic heterocycles. The highest BCUT2D eigenvalue weighted by atomic mass is 16.6. The van der Waals surface area contributed by atoms with Gasteiger partial charge in [-0.15, -0.1) is 0 Å². The summed E-state index contributed by atoms with van der Waals surface area (Å²) >= 11 is 0. The molecule has 0 spiro atoms. The van der Waals surface area contributed by atoms with E-state index in [0.29, 0.717) is 19.4 Å². The van der Waals surface area contributed by atoms with Crippen LogP contribution in [-0.2, 0) is 23.8 Å². The Hall–Kier alpha value is -3.96. The Balaban J connectivity index is 4.44. The van der Waals surface area contributed by atoms with Crippen LogP contribution in [0.3, 0.4) is 0 Å². The van der Waals surface area contributed by atoms with Crippen molar-refractivity contribution in [3.63, 3.8) is 0 Å². The minimum absolute atomic E-state index is 0.0432. The highest BCUT2D eigenvalue weighted by Crippen LogP contribution is 2.14. The third kappa shape index (κ3) is 58.6. The van der Waals surface area contributed by atoms with E-state index in [9.17, 15) is 9.59 Å². The lowest BCUT2D eigenvalue weighted by atomic mass is 10.1. The predicted molar refractivity (Wildman–Crippen MR) is 315 cm³/mol. The van der Waals surface area contributed by atoms with Crippen molar-refractivity contribution < 1.29 is 23.8 Å². The van der Waals surface area contributed by atoms with Crippen molar-refractivity contribution in [1.82, 2.24) is 0 Å². The van der Waals surface area contributed by atoms with Crippen molar-refractivity contribution in [2.45, 2.75) is 258 Å². The number of hydrogen-bond donors (Lipinski definition) is 0. The monoisotopic (exact) mass is 995 g/mol. The third-order valence-electron chi connectivity index (χ3n) is 12.2. The number of rotatable bonds is 53. The van der Waals surface area contributed by atoms with Gasteiger partial charge in [0.15, 0.2) is 6.10 Å². The van der Waals surface area contributed by atoms with E-state index in [1.54, 1.807) is 0 Å². The topological polar surface area (TPSA) is 61.8 Å². The fourth-order valence-electron chi connectivity index (χ4n) is 7.81. The number of ether oxygens (including phenoxy) is 3. The molecule has 0 aliphatic carbocycles. The molecule has 0 bridgehead atoms. The van der Waals surface area contributed by atoms with Gasteiger partial charge in [-0.3, -0.25) is 9.59 Å². The first-order valence-corrected chi connectivity index (χ1v) is 29.7. The van der Waals surface area contributed by atoms with Gasteiger partial charge in [0.1, 0.15) is 6.61 Å². The van der Waals surface area contributed by atoms with Crippen molar-refractivity contribution in [2.24, 2.45) is 0 Å². The molecule has 0 saturated carbocycles. The van der Waals surface area contributed by atoms with Crippen molar-refractivity contribution in [2.75, 3.05) is 19.8 Å². The molecule has 0 fully saturated rings. The van der Waals surface area contributed by atoms with E-state index in [1.807, 2.05) is 0 Å². The van der Waals surface area contributed by atoms with Crippen LogP contribution in [0.2, 0.25) is 0 Å². The summed E-state index contributed by atoms with van der Waals surface area (Å²) in [4.78, 5) is 25.6. The molecule has 0 aromatic carbocycles. The van der Waals surface area contributed by atoms with Gasteiger partial charge in [-0.05, 0) is 128 Å². The van der Waals surface area contributed by atoms with Crippen molar-refractivity contribution >= 4 is 11.9 Å². The number of allylic oxidation sites excluding steroid dienone is 22. The van der Waals surface area contributed by atoms with Gasteiger partial charge in [0.05, 0.1) is 6.61 Å². The number of carbonyl (C=O) groups excluding carboxylic acids is 2. The third-order valence-corrected chi connectivity index (χ3v) is 12.2. The molecule has 1 unspecified atom stereocenters. The average Bonchev–Trinajstić information content (AvgIpc) is 3.38. The van der Waals surface area contributed by atoms with Gasteiger partial charge in [-0.2, -0.15) is 0 Å². The minimum atomic E-state index is -0.591. The molecule has 5 heteroatoms. The molecule has 0 amide bonds. The van der Waals surface area contributed by atoms with Gasteiger partial charge in [0.25, 0.3) is 0 Å². The van der Waals surface area contributed by atoms with E-state index in [4.69, 9.17) is 14.2 Å².